The minimum Gasteiger partial charge on any atom is -0.496 e. The lowest BCUT2D eigenvalue weighted by atomic mass is 10.1. The van der Waals surface area contributed by atoms with Crippen LogP contribution in [0, 0.1) is 0 Å². The fourth-order valence-electron chi connectivity index (χ4n) is 2.94. The van der Waals surface area contributed by atoms with Crippen LogP contribution in [0.4, 0.5) is 5.82 Å². The van der Waals surface area contributed by atoms with Gasteiger partial charge in [-0.2, -0.15) is 4.98 Å². The molecular weight excluding hydrogens is 496 g/mol. The first-order valence-electron chi connectivity index (χ1n) is 8.98. The number of benzene rings is 2. The number of hydrogen-bond donors (Lipinski definition) is 1. The average Bonchev–Trinajstić information content (AvgIpc) is 3.11. The van der Waals surface area contributed by atoms with Gasteiger partial charge in [0.05, 0.1) is 24.9 Å². The lowest BCUT2D eigenvalue weighted by Crippen LogP contribution is -1.98. The SMILES string of the molecule is COc1ccc(Cl)cc1-c1ncc(Cl)nc1N.Clc1ccc2oc3nc(Cl)cnc3c2c1. The lowest BCUT2D eigenvalue weighted by molar-refractivity contribution is 0.416. The zero-order chi connectivity index (χ0) is 22.8. The molecular formula is C21H13Cl4N5O2. The second-order valence-corrected chi connectivity index (χ2v) is 8.01. The molecule has 2 aromatic carbocycles. The summed E-state index contributed by atoms with van der Waals surface area (Å²) >= 11 is 23.2. The van der Waals surface area contributed by atoms with Gasteiger partial charge in [-0.3, -0.25) is 0 Å². The third-order valence-corrected chi connectivity index (χ3v) is 5.14. The third-order valence-electron chi connectivity index (χ3n) is 4.30. The van der Waals surface area contributed by atoms with Crippen molar-refractivity contribution < 1.29 is 9.15 Å². The van der Waals surface area contributed by atoms with Gasteiger partial charge in [0.2, 0.25) is 5.71 Å². The molecule has 2 N–H and O–H groups in total. The second kappa shape index (κ2) is 9.34. The molecule has 7 nitrogen and oxygen atoms in total. The molecule has 0 unspecified atom stereocenters. The van der Waals surface area contributed by atoms with Gasteiger partial charge < -0.3 is 14.9 Å². The van der Waals surface area contributed by atoms with Gasteiger partial charge in [-0.05, 0) is 36.4 Å². The van der Waals surface area contributed by atoms with Crippen LogP contribution in [0.5, 0.6) is 5.75 Å². The summed E-state index contributed by atoms with van der Waals surface area (Å²) in [6.07, 6.45) is 2.91. The maximum absolute atomic E-state index is 5.94. The standard InChI is InChI=1S/C11H9Cl2N3O.C10H4Cl2N2O/c1-17-8-3-2-6(12)4-7(8)10-11(14)16-9(13)5-15-10;11-5-1-2-7-6(3-5)9-10(15-7)14-8(12)4-13-9/h2-5H,1H3,(H2,14,16);1-4H. The molecule has 32 heavy (non-hydrogen) atoms. The van der Waals surface area contributed by atoms with Crippen molar-refractivity contribution in [2.75, 3.05) is 12.8 Å². The minimum absolute atomic E-state index is 0.234. The predicted molar refractivity (Wildman–Crippen MR) is 128 cm³/mol. The van der Waals surface area contributed by atoms with Crippen LogP contribution in [0.2, 0.25) is 20.4 Å². The van der Waals surface area contributed by atoms with E-state index in [0.29, 0.717) is 49.0 Å². The van der Waals surface area contributed by atoms with Crippen LogP contribution in [0.15, 0.2) is 53.2 Å². The Labute approximate surface area is 202 Å². The van der Waals surface area contributed by atoms with E-state index in [2.05, 4.69) is 19.9 Å². The highest BCUT2D eigenvalue weighted by Crippen LogP contribution is 2.34. The number of ether oxygens (including phenoxy) is 1. The highest BCUT2D eigenvalue weighted by atomic mass is 35.5. The number of hydrogen-bond acceptors (Lipinski definition) is 7. The Morgan fingerprint density at radius 1 is 0.875 bits per heavy atom. The summed E-state index contributed by atoms with van der Waals surface area (Å²) in [5, 5.41) is 2.61. The maximum Gasteiger partial charge on any atom is 0.247 e. The van der Waals surface area contributed by atoms with Crippen molar-refractivity contribution in [2.24, 2.45) is 0 Å². The Morgan fingerprint density at radius 2 is 1.56 bits per heavy atom. The monoisotopic (exact) mass is 507 g/mol. The quantitative estimate of drug-likeness (QED) is 0.282. The summed E-state index contributed by atoms with van der Waals surface area (Å²) in [4.78, 5) is 16.3. The molecule has 0 saturated heterocycles. The lowest BCUT2D eigenvalue weighted by Gasteiger charge is -2.09. The Hall–Kier alpha value is -2.84. The van der Waals surface area contributed by atoms with Gasteiger partial charge in [-0.15, -0.1) is 0 Å². The van der Waals surface area contributed by atoms with Crippen LogP contribution in [0.1, 0.15) is 0 Å². The van der Waals surface area contributed by atoms with Crippen molar-refractivity contribution in [3.05, 3.63) is 69.1 Å². The van der Waals surface area contributed by atoms with Crippen LogP contribution in [-0.4, -0.2) is 27.0 Å². The zero-order valence-corrected chi connectivity index (χ0v) is 19.3. The Morgan fingerprint density at radius 3 is 2.31 bits per heavy atom. The number of aromatic nitrogens is 4. The van der Waals surface area contributed by atoms with Crippen LogP contribution in [0.25, 0.3) is 33.5 Å². The van der Waals surface area contributed by atoms with Gasteiger partial charge in [-0.1, -0.05) is 46.4 Å². The van der Waals surface area contributed by atoms with Gasteiger partial charge in [0.25, 0.3) is 0 Å². The van der Waals surface area contributed by atoms with Crippen molar-refractivity contribution in [1.29, 1.82) is 0 Å². The average molecular weight is 509 g/mol. The molecule has 0 bridgehead atoms. The topological polar surface area (TPSA) is 100.0 Å². The second-order valence-electron chi connectivity index (χ2n) is 6.36. The van der Waals surface area contributed by atoms with Crippen molar-refractivity contribution in [3.8, 4) is 17.0 Å². The molecule has 162 valence electrons. The Kier molecular flexibility index (Phi) is 6.53. The van der Waals surface area contributed by atoms with Gasteiger partial charge in [0.1, 0.15) is 27.7 Å². The molecule has 11 heteroatoms. The van der Waals surface area contributed by atoms with Crippen molar-refractivity contribution in [2.45, 2.75) is 0 Å². The molecule has 0 aliphatic rings. The van der Waals surface area contributed by atoms with Crippen LogP contribution in [0.3, 0.4) is 0 Å². The first kappa shape index (κ1) is 22.4. The molecule has 0 atom stereocenters. The van der Waals surface area contributed by atoms with E-state index in [4.69, 9.17) is 61.3 Å². The molecule has 0 amide bonds. The van der Waals surface area contributed by atoms with Gasteiger partial charge >= 0.3 is 0 Å². The van der Waals surface area contributed by atoms with E-state index in [1.54, 1.807) is 43.5 Å². The van der Waals surface area contributed by atoms with Crippen molar-refractivity contribution in [3.63, 3.8) is 0 Å². The number of furan rings is 1. The van der Waals surface area contributed by atoms with Gasteiger partial charge in [0, 0.05) is 15.6 Å². The van der Waals surface area contributed by atoms with Crippen LogP contribution >= 0.6 is 46.4 Å². The largest absolute Gasteiger partial charge is 0.496 e. The fourth-order valence-corrected chi connectivity index (χ4v) is 3.55. The normalized spacial score (nSPS) is 10.8. The predicted octanol–water partition coefficient (Wildman–Crippen LogP) is 6.72. The summed E-state index contributed by atoms with van der Waals surface area (Å²) in [5.74, 6) is 0.857. The van der Waals surface area contributed by atoms with E-state index in [1.165, 1.54) is 12.4 Å². The summed E-state index contributed by atoms with van der Waals surface area (Å²) in [7, 11) is 1.56. The molecule has 3 aromatic heterocycles. The fraction of sp³-hybridized carbons (Fsp3) is 0.0476. The Bertz CT molecular complexity index is 1440. The van der Waals surface area contributed by atoms with Gasteiger partial charge in [-0.25, -0.2) is 15.0 Å². The number of nitrogens with two attached hydrogens (primary N) is 1. The highest BCUT2D eigenvalue weighted by molar-refractivity contribution is 6.32. The highest BCUT2D eigenvalue weighted by Gasteiger charge is 2.13. The van der Waals surface area contributed by atoms with E-state index in [-0.39, 0.29) is 11.0 Å². The molecule has 0 aliphatic heterocycles. The molecule has 0 fully saturated rings. The summed E-state index contributed by atoms with van der Waals surface area (Å²) < 4.78 is 10.7. The first-order valence-corrected chi connectivity index (χ1v) is 10.5. The molecule has 0 saturated carbocycles. The van der Waals surface area contributed by atoms with E-state index < -0.39 is 0 Å². The number of rotatable bonds is 2. The van der Waals surface area contributed by atoms with Crippen molar-refractivity contribution >= 4 is 74.4 Å². The van der Waals surface area contributed by atoms with Crippen LogP contribution < -0.4 is 10.5 Å². The number of fused-ring (bicyclic) bond motifs is 3. The molecule has 0 spiro atoms. The van der Waals surface area contributed by atoms with E-state index >= 15 is 0 Å². The third kappa shape index (κ3) is 4.66. The van der Waals surface area contributed by atoms with Crippen molar-refractivity contribution in [1.82, 2.24) is 19.9 Å². The zero-order valence-electron chi connectivity index (χ0n) is 16.3. The number of nitrogen functional groups attached to an aromatic ring is 1. The van der Waals surface area contributed by atoms with Crippen LogP contribution in [-0.2, 0) is 0 Å². The number of anilines is 1. The summed E-state index contributed by atoms with van der Waals surface area (Å²) in [5.41, 5.74) is 8.76. The number of nitrogens with zero attached hydrogens (tertiary/aromatic N) is 4. The smallest absolute Gasteiger partial charge is 0.247 e. The molecule has 5 aromatic rings. The Balaban J connectivity index is 0.000000154. The molecule has 0 radical (unpaired) electrons. The molecule has 3 heterocycles. The number of methoxy groups -OCH3 is 1. The van der Waals surface area contributed by atoms with E-state index in [0.717, 1.165) is 5.39 Å². The van der Waals surface area contributed by atoms with Gasteiger partial charge in [0.15, 0.2) is 11.0 Å². The van der Waals surface area contributed by atoms with E-state index in [9.17, 15) is 0 Å². The number of halogens is 4. The summed E-state index contributed by atoms with van der Waals surface area (Å²) in [6.45, 7) is 0. The minimum atomic E-state index is 0.234. The summed E-state index contributed by atoms with van der Waals surface area (Å²) in [6, 6.07) is 10.5. The maximum atomic E-state index is 5.94. The first-order chi connectivity index (χ1) is 15.4. The molecule has 0 aliphatic carbocycles. The van der Waals surface area contributed by atoms with E-state index in [1.807, 2.05) is 0 Å². The molecule has 5 rings (SSSR count).